The Morgan fingerprint density at radius 2 is 1.65 bits per heavy atom. The number of nitrogens with two attached hydrogens (primary N) is 1. The van der Waals surface area contributed by atoms with Gasteiger partial charge >= 0.3 is 0 Å². The lowest BCUT2D eigenvalue weighted by atomic mass is 10.2. The molecule has 2 N–H and O–H groups in total. The summed E-state index contributed by atoms with van der Waals surface area (Å²) in [6.45, 7) is 6.10. The zero-order valence-corrected chi connectivity index (χ0v) is 11.4. The summed E-state index contributed by atoms with van der Waals surface area (Å²) in [7, 11) is 0. The summed E-state index contributed by atoms with van der Waals surface area (Å²) in [5.74, 6) is 0. The van der Waals surface area contributed by atoms with Crippen LogP contribution in [-0.4, -0.2) is 44.2 Å². The van der Waals surface area contributed by atoms with Crippen LogP contribution in [0.4, 0.5) is 5.69 Å². The van der Waals surface area contributed by atoms with Crippen LogP contribution in [0.25, 0.3) is 0 Å². The van der Waals surface area contributed by atoms with Crippen molar-refractivity contribution in [2.45, 2.75) is 0 Å². The van der Waals surface area contributed by atoms with Crippen LogP contribution in [0, 0.1) is 0 Å². The molecule has 1 aliphatic heterocycles. The van der Waals surface area contributed by atoms with Gasteiger partial charge in [-0.15, -0.1) is 12.4 Å². The van der Waals surface area contributed by atoms with Gasteiger partial charge < -0.3 is 10.6 Å². The van der Waals surface area contributed by atoms with Crippen molar-refractivity contribution in [1.29, 1.82) is 0 Å². The Kier molecular flexibility index (Phi) is 6.06. The van der Waals surface area contributed by atoms with Gasteiger partial charge in [0.2, 0.25) is 0 Å². The molecule has 3 nitrogen and oxygen atoms in total. The predicted molar refractivity (Wildman–Crippen MR) is 76.4 cm³/mol. The molecule has 1 heterocycles. The molecule has 1 saturated heterocycles. The largest absolute Gasteiger partial charge is 0.369 e. The van der Waals surface area contributed by atoms with Crippen molar-refractivity contribution in [2.75, 3.05) is 44.2 Å². The van der Waals surface area contributed by atoms with Gasteiger partial charge in [-0.3, -0.25) is 4.90 Å². The maximum Gasteiger partial charge on any atom is 0.0407 e. The molecule has 0 radical (unpaired) electrons. The van der Waals surface area contributed by atoms with Crippen molar-refractivity contribution in [1.82, 2.24) is 4.90 Å². The molecule has 1 aromatic rings. The van der Waals surface area contributed by atoms with E-state index in [1.807, 2.05) is 12.1 Å². The second kappa shape index (κ2) is 7.07. The van der Waals surface area contributed by atoms with E-state index in [0.29, 0.717) is 0 Å². The van der Waals surface area contributed by atoms with Crippen LogP contribution in [0.1, 0.15) is 0 Å². The zero-order chi connectivity index (χ0) is 11.4. The van der Waals surface area contributed by atoms with Crippen LogP contribution in [0.3, 0.4) is 0 Å². The van der Waals surface area contributed by atoms with E-state index in [2.05, 4.69) is 21.9 Å². The molecule has 1 aliphatic rings. The number of nitrogens with zero attached hydrogens (tertiary/aromatic N) is 2. The first-order chi connectivity index (χ1) is 7.79. The SMILES string of the molecule is Cl.NCCN1CCN(c2ccc(Cl)cc2)CC1. The highest BCUT2D eigenvalue weighted by Gasteiger charge is 2.15. The average molecular weight is 276 g/mol. The molecule has 1 fully saturated rings. The van der Waals surface area contributed by atoms with Crippen LogP contribution < -0.4 is 10.6 Å². The summed E-state index contributed by atoms with van der Waals surface area (Å²) in [5, 5.41) is 0.797. The van der Waals surface area contributed by atoms with Gasteiger partial charge in [-0.25, -0.2) is 0 Å². The molecule has 0 unspecified atom stereocenters. The fourth-order valence-corrected chi connectivity index (χ4v) is 2.19. The third kappa shape index (κ3) is 4.03. The van der Waals surface area contributed by atoms with Gasteiger partial charge in [-0.2, -0.15) is 0 Å². The van der Waals surface area contributed by atoms with Crippen LogP contribution in [-0.2, 0) is 0 Å². The molecule has 0 aliphatic carbocycles. The predicted octanol–water partition coefficient (Wildman–Crippen LogP) is 1.84. The highest BCUT2D eigenvalue weighted by molar-refractivity contribution is 6.30. The molecule has 0 spiro atoms. The van der Waals surface area contributed by atoms with Crippen molar-refractivity contribution < 1.29 is 0 Å². The Labute approximate surface area is 114 Å². The number of benzene rings is 1. The molecule has 5 heteroatoms. The number of hydrogen-bond acceptors (Lipinski definition) is 3. The molecule has 0 aromatic heterocycles. The van der Waals surface area contributed by atoms with E-state index in [9.17, 15) is 0 Å². The Bertz CT molecular complexity index is 321. The summed E-state index contributed by atoms with van der Waals surface area (Å²) in [6, 6.07) is 8.06. The Hall–Kier alpha value is -0.480. The number of halogens is 2. The highest BCUT2D eigenvalue weighted by atomic mass is 35.5. The lowest BCUT2D eigenvalue weighted by molar-refractivity contribution is 0.265. The average Bonchev–Trinajstić information content (AvgIpc) is 2.32. The Balaban J connectivity index is 0.00000144. The van der Waals surface area contributed by atoms with Crippen LogP contribution in [0.15, 0.2) is 24.3 Å². The quantitative estimate of drug-likeness (QED) is 0.914. The van der Waals surface area contributed by atoms with E-state index in [-0.39, 0.29) is 12.4 Å². The minimum Gasteiger partial charge on any atom is -0.369 e. The molecule has 2 rings (SSSR count). The van der Waals surface area contributed by atoms with Crippen molar-refractivity contribution in [3.63, 3.8) is 0 Å². The monoisotopic (exact) mass is 275 g/mol. The third-order valence-corrected chi connectivity index (χ3v) is 3.26. The van der Waals surface area contributed by atoms with Gasteiger partial charge in [0.1, 0.15) is 0 Å². The molecular formula is C12H19Cl2N3. The normalized spacial score (nSPS) is 16.7. The zero-order valence-electron chi connectivity index (χ0n) is 9.81. The van der Waals surface area contributed by atoms with E-state index in [4.69, 9.17) is 17.3 Å². The van der Waals surface area contributed by atoms with Crippen LogP contribution in [0.5, 0.6) is 0 Å². The summed E-state index contributed by atoms with van der Waals surface area (Å²) in [5.41, 5.74) is 6.81. The molecule has 0 atom stereocenters. The highest BCUT2D eigenvalue weighted by Crippen LogP contribution is 2.19. The van der Waals surface area contributed by atoms with Gasteiger partial charge in [0.15, 0.2) is 0 Å². The topological polar surface area (TPSA) is 32.5 Å². The maximum atomic E-state index is 5.87. The van der Waals surface area contributed by atoms with E-state index in [1.54, 1.807) is 0 Å². The second-order valence-electron chi connectivity index (χ2n) is 4.09. The Morgan fingerprint density at radius 1 is 1.06 bits per heavy atom. The van der Waals surface area contributed by atoms with Gasteiger partial charge in [0.05, 0.1) is 0 Å². The number of anilines is 1. The third-order valence-electron chi connectivity index (χ3n) is 3.01. The van der Waals surface area contributed by atoms with Gasteiger partial charge in [0.25, 0.3) is 0 Å². The molecule has 0 saturated carbocycles. The van der Waals surface area contributed by atoms with E-state index < -0.39 is 0 Å². The molecular weight excluding hydrogens is 257 g/mol. The summed E-state index contributed by atoms with van der Waals surface area (Å²) < 4.78 is 0. The van der Waals surface area contributed by atoms with Crippen molar-refractivity contribution in [3.05, 3.63) is 29.3 Å². The summed E-state index contributed by atoms with van der Waals surface area (Å²) >= 11 is 5.87. The fourth-order valence-electron chi connectivity index (χ4n) is 2.06. The molecule has 17 heavy (non-hydrogen) atoms. The molecule has 96 valence electrons. The maximum absolute atomic E-state index is 5.87. The first kappa shape index (κ1) is 14.6. The fraction of sp³-hybridized carbons (Fsp3) is 0.500. The van der Waals surface area contributed by atoms with Crippen molar-refractivity contribution in [2.24, 2.45) is 5.73 Å². The lowest BCUT2D eigenvalue weighted by Crippen LogP contribution is -2.47. The molecule has 0 bridgehead atoms. The van der Waals surface area contributed by atoms with Crippen molar-refractivity contribution in [3.8, 4) is 0 Å². The second-order valence-corrected chi connectivity index (χ2v) is 4.53. The number of rotatable bonds is 3. The standard InChI is InChI=1S/C12H18ClN3.ClH/c13-11-1-3-12(4-2-11)16-9-7-15(6-5-14)8-10-16;/h1-4H,5-10,14H2;1H. The molecule has 1 aromatic carbocycles. The summed E-state index contributed by atoms with van der Waals surface area (Å²) in [4.78, 5) is 4.80. The van der Waals surface area contributed by atoms with E-state index in [1.165, 1.54) is 5.69 Å². The van der Waals surface area contributed by atoms with Gasteiger partial charge in [0, 0.05) is 50.0 Å². The minimum atomic E-state index is 0. The smallest absolute Gasteiger partial charge is 0.0407 e. The first-order valence-corrected chi connectivity index (χ1v) is 6.10. The van der Waals surface area contributed by atoms with E-state index >= 15 is 0 Å². The van der Waals surface area contributed by atoms with Gasteiger partial charge in [-0.05, 0) is 24.3 Å². The van der Waals surface area contributed by atoms with Crippen molar-refractivity contribution >= 4 is 29.7 Å². The number of piperazine rings is 1. The summed E-state index contributed by atoms with van der Waals surface area (Å²) in [6.07, 6.45) is 0. The lowest BCUT2D eigenvalue weighted by Gasteiger charge is -2.35. The molecule has 0 amide bonds. The minimum absolute atomic E-state index is 0. The van der Waals surface area contributed by atoms with Crippen LogP contribution in [0.2, 0.25) is 5.02 Å². The first-order valence-electron chi connectivity index (χ1n) is 5.72. The number of hydrogen-bond donors (Lipinski definition) is 1. The van der Waals surface area contributed by atoms with Crippen LogP contribution >= 0.6 is 24.0 Å². The van der Waals surface area contributed by atoms with Gasteiger partial charge in [-0.1, -0.05) is 11.6 Å². The Morgan fingerprint density at radius 3 is 2.18 bits per heavy atom. The van der Waals surface area contributed by atoms with E-state index in [0.717, 1.165) is 44.3 Å².